The lowest BCUT2D eigenvalue weighted by Gasteiger charge is -2.02. The van der Waals surface area contributed by atoms with E-state index >= 15 is 0 Å². The van der Waals surface area contributed by atoms with Gasteiger partial charge in [0.05, 0.1) is 16.4 Å². The molecule has 0 saturated heterocycles. The SMILES string of the molecule is O=c1oc2ccccc2c2c1SC(c1ccco1)C2. The molecule has 0 spiro atoms. The maximum absolute atomic E-state index is 12.0. The minimum atomic E-state index is -0.243. The van der Waals surface area contributed by atoms with Crippen LogP contribution in [0.15, 0.2) is 61.2 Å². The summed E-state index contributed by atoms with van der Waals surface area (Å²) in [5.41, 5.74) is 1.50. The summed E-state index contributed by atoms with van der Waals surface area (Å²) in [4.78, 5) is 12.7. The molecule has 2 aromatic heterocycles. The van der Waals surface area contributed by atoms with Crippen LogP contribution in [-0.2, 0) is 6.42 Å². The van der Waals surface area contributed by atoms with E-state index in [0.29, 0.717) is 5.58 Å². The summed E-state index contributed by atoms with van der Waals surface area (Å²) in [6.07, 6.45) is 2.47. The topological polar surface area (TPSA) is 43.4 Å². The van der Waals surface area contributed by atoms with E-state index in [1.807, 2.05) is 36.4 Å². The average Bonchev–Trinajstić information content (AvgIpc) is 3.08. The van der Waals surface area contributed by atoms with Crippen LogP contribution in [0.25, 0.3) is 11.0 Å². The molecule has 0 aliphatic carbocycles. The van der Waals surface area contributed by atoms with Crippen molar-refractivity contribution in [1.82, 2.24) is 0 Å². The van der Waals surface area contributed by atoms with Gasteiger partial charge < -0.3 is 8.83 Å². The maximum Gasteiger partial charge on any atom is 0.350 e. The van der Waals surface area contributed by atoms with E-state index in [0.717, 1.165) is 28.0 Å². The first kappa shape index (κ1) is 10.9. The van der Waals surface area contributed by atoms with Crippen LogP contribution in [0.1, 0.15) is 16.6 Å². The molecule has 0 N–H and O–H groups in total. The summed E-state index contributed by atoms with van der Waals surface area (Å²) in [6, 6.07) is 11.5. The molecular weight excluding hydrogens is 260 g/mol. The van der Waals surface area contributed by atoms with Gasteiger partial charge in [-0.3, -0.25) is 0 Å². The Hall–Kier alpha value is -1.94. The lowest BCUT2D eigenvalue weighted by molar-refractivity contribution is 0.506. The van der Waals surface area contributed by atoms with Gasteiger partial charge in [0.2, 0.25) is 0 Å². The van der Waals surface area contributed by atoms with E-state index < -0.39 is 0 Å². The molecule has 94 valence electrons. The summed E-state index contributed by atoms with van der Waals surface area (Å²) in [6.45, 7) is 0. The zero-order chi connectivity index (χ0) is 12.8. The van der Waals surface area contributed by atoms with Gasteiger partial charge in [-0.25, -0.2) is 4.79 Å². The van der Waals surface area contributed by atoms with Gasteiger partial charge in [0.1, 0.15) is 11.3 Å². The zero-order valence-electron chi connectivity index (χ0n) is 9.96. The van der Waals surface area contributed by atoms with Gasteiger partial charge >= 0.3 is 5.63 Å². The maximum atomic E-state index is 12.0. The number of hydrogen-bond acceptors (Lipinski definition) is 4. The first-order valence-corrected chi connectivity index (χ1v) is 6.95. The van der Waals surface area contributed by atoms with E-state index in [-0.39, 0.29) is 10.9 Å². The Morgan fingerprint density at radius 1 is 1.16 bits per heavy atom. The highest BCUT2D eigenvalue weighted by molar-refractivity contribution is 7.99. The summed E-state index contributed by atoms with van der Waals surface area (Å²) in [5.74, 6) is 0.907. The van der Waals surface area contributed by atoms with Crippen molar-refractivity contribution in [3.05, 3.63) is 64.4 Å². The molecule has 3 nitrogen and oxygen atoms in total. The van der Waals surface area contributed by atoms with Crippen molar-refractivity contribution in [1.29, 1.82) is 0 Å². The van der Waals surface area contributed by atoms with E-state index in [9.17, 15) is 4.79 Å². The van der Waals surface area contributed by atoms with Crippen molar-refractivity contribution in [2.24, 2.45) is 0 Å². The van der Waals surface area contributed by atoms with Crippen LogP contribution in [0.4, 0.5) is 0 Å². The molecule has 0 amide bonds. The Labute approximate surface area is 113 Å². The molecule has 19 heavy (non-hydrogen) atoms. The molecule has 1 unspecified atom stereocenters. The van der Waals surface area contributed by atoms with Gasteiger partial charge in [0.15, 0.2) is 0 Å². The molecule has 4 rings (SSSR count). The molecule has 4 heteroatoms. The third-order valence-corrected chi connectivity index (χ3v) is 4.72. The molecule has 1 aromatic carbocycles. The highest BCUT2D eigenvalue weighted by Crippen LogP contribution is 2.46. The second-order valence-electron chi connectivity index (χ2n) is 4.52. The van der Waals surface area contributed by atoms with Crippen LogP contribution in [0, 0.1) is 0 Å². The Bertz CT molecular complexity index is 802. The Morgan fingerprint density at radius 2 is 2.05 bits per heavy atom. The lowest BCUT2D eigenvalue weighted by Crippen LogP contribution is -2.02. The summed E-state index contributed by atoms with van der Waals surface area (Å²) < 4.78 is 10.8. The Kier molecular flexibility index (Phi) is 2.32. The van der Waals surface area contributed by atoms with Gasteiger partial charge in [0, 0.05) is 5.39 Å². The monoisotopic (exact) mass is 270 g/mol. The van der Waals surface area contributed by atoms with Crippen molar-refractivity contribution in [2.75, 3.05) is 0 Å². The van der Waals surface area contributed by atoms with Gasteiger partial charge in [-0.2, -0.15) is 0 Å². The fourth-order valence-electron chi connectivity index (χ4n) is 2.52. The predicted octanol–water partition coefficient (Wildman–Crippen LogP) is 3.78. The second kappa shape index (κ2) is 4.03. The van der Waals surface area contributed by atoms with Crippen LogP contribution < -0.4 is 5.63 Å². The van der Waals surface area contributed by atoms with Crippen molar-refractivity contribution < 1.29 is 8.83 Å². The van der Waals surface area contributed by atoms with Gasteiger partial charge in [-0.15, -0.1) is 11.8 Å². The summed E-state index contributed by atoms with van der Waals surface area (Å²) >= 11 is 1.54. The third-order valence-electron chi connectivity index (χ3n) is 3.38. The summed E-state index contributed by atoms with van der Waals surface area (Å²) in [5, 5.41) is 1.19. The quantitative estimate of drug-likeness (QED) is 0.631. The number of thioether (sulfide) groups is 1. The molecule has 1 atom stereocenters. The number of furan rings is 1. The molecular formula is C15H10O3S. The third kappa shape index (κ3) is 1.64. The van der Waals surface area contributed by atoms with Crippen LogP contribution in [-0.4, -0.2) is 0 Å². The van der Waals surface area contributed by atoms with E-state index in [1.54, 1.807) is 6.26 Å². The highest BCUT2D eigenvalue weighted by Gasteiger charge is 2.30. The molecule has 0 bridgehead atoms. The van der Waals surface area contributed by atoms with Crippen LogP contribution in [0.5, 0.6) is 0 Å². The number of benzene rings is 1. The van der Waals surface area contributed by atoms with Crippen LogP contribution >= 0.6 is 11.8 Å². The largest absolute Gasteiger partial charge is 0.468 e. The number of fused-ring (bicyclic) bond motifs is 3. The van der Waals surface area contributed by atoms with Crippen molar-refractivity contribution in [3.63, 3.8) is 0 Å². The van der Waals surface area contributed by atoms with Crippen molar-refractivity contribution in [2.45, 2.75) is 16.6 Å². The number of para-hydroxylation sites is 1. The predicted molar refractivity (Wildman–Crippen MR) is 73.5 cm³/mol. The van der Waals surface area contributed by atoms with E-state index in [4.69, 9.17) is 8.83 Å². The average molecular weight is 270 g/mol. The number of rotatable bonds is 1. The second-order valence-corrected chi connectivity index (χ2v) is 5.73. The molecule has 3 aromatic rings. The van der Waals surface area contributed by atoms with E-state index in [1.165, 1.54) is 11.8 Å². The molecule has 1 aliphatic rings. The van der Waals surface area contributed by atoms with Crippen LogP contribution in [0.3, 0.4) is 0 Å². The van der Waals surface area contributed by atoms with Gasteiger partial charge in [-0.1, -0.05) is 18.2 Å². The molecule has 0 fully saturated rings. The van der Waals surface area contributed by atoms with Crippen LogP contribution in [0.2, 0.25) is 0 Å². The molecule has 0 saturated carbocycles. The minimum absolute atomic E-state index is 0.165. The normalized spacial score (nSPS) is 17.8. The van der Waals surface area contributed by atoms with Gasteiger partial charge in [-0.05, 0) is 30.2 Å². The first-order valence-electron chi connectivity index (χ1n) is 6.08. The van der Waals surface area contributed by atoms with Gasteiger partial charge in [0.25, 0.3) is 0 Å². The highest BCUT2D eigenvalue weighted by atomic mass is 32.2. The summed E-state index contributed by atoms with van der Waals surface area (Å²) in [7, 11) is 0. The number of hydrogen-bond donors (Lipinski definition) is 0. The van der Waals surface area contributed by atoms with Crippen molar-refractivity contribution >= 4 is 22.7 Å². The smallest absolute Gasteiger partial charge is 0.350 e. The van der Waals surface area contributed by atoms with E-state index in [2.05, 4.69) is 0 Å². The molecule has 0 radical (unpaired) electrons. The zero-order valence-corrected chi connectivity index (χ0v) is 10.8. The molecule has 1 aliphatic heterocycles. The Balaban J connectivity index is 1.91. The standard InChI is InChI=1S/C15H10O3S/c16-15-14-10(9-4-1-2-5-11(9)18-15)8-13(19-14)12-6-3-7-17-12/h1-7,13H,8H2. The lowest BCUT2D eigenvalue weighted by atomic mass is 10.0. The fraction of sp³-hybridized carbons (Fsp3) is 0.133. The Morgan fingerprint density at radius 3 is 2.89 bits per heavy atom. The van der Waals surface area contributed by atoms with Crippen molar-refractivity contribution in [3.8, 4) is 0 Å². The fourth-order valence-corrected chi connectivity index (χ4v) is 3.78. The first-order chi connectivity index (χ1) is 9.33. The molecule has 3 heterocycles. The minimum Gasteiger partial charge on any atom is -0.468 e.